The van der Waals surface area contributed by atoms with Crippen molar-refractivity contribution in [2.45, 2.75) is 13.5 Å². The highest BCUT2D eigenvalue weighted by atomic mass is 16.1. The Morgan fingerprint density at radius 2 is 2.31 bits per heavy atom. The van der Waals surface area contributed by atoms with Crippen LogP contribution in [0.1, 0.15) is 11.4 Å². The normalized spacial score (nSPS) is 10.1. The number of nitrogens with one attached hydrogen (secondary N) is 2. The van der Waals surface area contributed by atoms with Crippen molar-refractivity contribution in [3.8, 4) is 0 Å². The Balaban J connectivity index is 2.08. The van der Waals surface area contributed by atoms with Gasteiger partial charge >= 0.3 is 0 Å². The van der Waals surface area contributed by atoms with Gasteiger partial charge in [0.05, 0.1) is 12.2 Å². The molecule has 82 valence electrons. The van der Waals surface area contributed by atoms with Gasteiger partial charge in [0.2, 0.25) is 5.95 Å². The van der Waals surface area contributed by atoms with Crippen LogP contribution in [0, 0.1) is 6.92 Å². The molecule has 2 N–H and O–H groups in total. The van der Waals surface area contributed by atoms with Gasteiger partial charge in [-0.1, -0.05) is 6.07 Å². The smallest absolute Gasteiger partial charge is 0.252 e. The number of pyridine rings is 1. The van der Waals surface area contributed by atoms with Gasteiger partial charge in [0.15, 0.2) is 0 Å². The van der Waals surface area contributed by atoms with Gasteiger partial charge < -0.3 is 5.32 Å². The third kappa shape index (κ3) is 2.66. The van der Waals surface area contributed by atoms with Crippen LogP contribution in [0.5, 0.6) is 0 Å². The van der Waals surface area contributed by atoms with E-state index in [0.717, 1.165) is 5.69 Å². The van der Waals surface area contributed by atoms with E-state index in [1.807, 2.05) is 18.2 Å². The second kappa shape index (κ2) is 4.57. The molecule has 2 aromatic heterocycles. The summed E-state index contributed by atoms with van der Waals surface area (Å²) >= 11 is 0. The predicted octanol–water partition coefficient (Wildman–Crippen LogP) is 1.09. The second-order valence-electron chi connectivity index (χ2n) is 3.41. The number of H-pyrrole nitrogens is 1. The second-order valence-corrected chi connectivity index (χ2v) is 3.41. The first kappa shape index (κ1) is 10.4. The van der Waals surface area contributed by atoms with E-state index in [1.54, 1.807) is 13.1 Å². The van der Waals surface area contributed by atoms with Gasteiger partial charge in [-0.05, 0) is 19.1 Å². The van der Waals surface area contributed by atoms with E-state index in [4.69, 9.17) is 0 Å². The molecule has 16 heavy (non-hydrogen) atoms. The molecule has 0 spiro atoms. The van der Waals surface area contributed by atoms with Crippen molar-refractivity contribution in [2.75, 3.05) is 5.32 Å². The number of hydrogen-bond acceptors (Lipinski definition) is 4. The van der Waals surface area contributed by atoms with Gasteiger partial charge in [0.25, 0.3) is 5.56 Å². The van der Waals surface area contributed by atoms with Gasteiger partial charge in [-0.25, -0.2) is 4.98 Å². The Kier molecular flexibility index (Phi) is 2.95. The first-order valence-electron chi connectivity index (χ1n) is 4.96. The van der Waals surface area contributed by atoms with E-state index in [9.17, 15) is 4.79 Å². The SMILES string of the molecule is Cc1cc(=O)[nH]c(NCc2ccccn2)n1. The van der Waals surface area contributed by atoms with Gasteiger partial charge in [-0.2, -0.15) is 0 Å². The maximum Gasteiger partial charge on any atom is 0.252 e. The maximum absolute atomic E-state index is 11.2. The number of nitrogens with zero attached hydrogens (tertiary/aromatic N) is 2. The van der Waals surface area contributed by atoms with Crippen LogP contribution >= 0.6 is 0 Å². The summed E-state index contributed by atoms with van der Waals surface area (Å²) in [6, 6.07) is 7.12. The lowest BCUT2D eigenvalue weighted by Gasteiger charge is -2.04. The fourth-order valence-electron chi connectivity index (χ4n) is 1.34. The van der Waals surface area contributed by atoms with E-state index < -0.39 is 0 Å². The van der Waals surface area contributed by atoms with Crippen molar-refractivity contribution >= 4 is 5.95 Å². The third-order valence-electron chi connectivity index (χ3n) is 2.03. The van der Waals surface area contributed by atoms with E-state index >= 15 is 0 Å². The van der Waals surface area contributed by atoms with Crippen LogP contribution in [0.2, 0.25) is 0 Å². The number of anilines is 1. The van der Waals surface area contributed by atoms with Gasteiger partial charge in [-0.3, -0.25) is 14.8 Å². The van der Waals surface area contributed by atoms with Crippen LogP contribution in [0.25, 0.3) is 0 Å². The molecule has 0 amide bonds. The standard InChI is InChI=1S/C11H12N4O/c1-8-6-10(16)15-11(14-8)13-7-9-4-2-3-5-12-9/h2-6H,7H2,1H3,(H2,13,14,15,16). The lowest BCUT2D eigenvalue weighted by atomic mass is 10.3. The monoisotopic (exact) mass is 216 g/mol. The minimum Gasteiger partial charge on any atom is -0.350 e. The Morgan fingerprint density at radius 3 is 3.00 bits per heavy atom. The number of hydrogen-bond donors (Lipinski definition) is 2. The number of aromatic nitrogens is 3. The largest absolute Gasteiger partial charge is 0.350 e. The molecule has 2 heterocycles. The first-order chi connectivity index (χ1) is 7.74. The molecule has 0 saturated heterocycles. The molecule has 5 heteroatoms. The lowest BCUT2D eigenvalue weighted by Crippen LogP contribution is -2.13. The van der Waals surface area contributed by atoms with Crippen LogP contribution in [0.15, 0.2) is 35.3 Å². The third-order valence-corrected chi connectivity index (χ3v) is 2.03. The van der Waals surface area contributed by atoms with Crippen LogP contribution in [0.4, 0.5) is 5.95 Å². The molecule has 5 nitrogen and oxygen atoms in total. The molecular weight excluding hydrogens is 204 g/mol. The zero-order valence-electron chi connectivity index (χ0n) is 8.90. The van der Waals surface area contributed by atoms with Crippen LogP contribution < -0.4 is 10.9 Å². The molecule has 0 radical (unpaired) electrons. The summed E-state index contributed by atoms with van der Waals surface area (Å²) in [4.78, 5) is 22.1. The maximum atomic E-state index is 11.2. The van der Waals surface area contributed by atoms with Crippen LogP contribution in [-0.2, 0) is 6.54 Å². The zero-order chi connectivity index (χ0) is 11.4. The average Bonchev–Trinajstić information content (AvgIpc) is 2.27. The molecule has 0 fully saturated rings. The molecule has 2 aromatic rings. The lowest BCUT2D eigenvalue weighted by molar-refractivity contribution is 0.977. The minimum atomic E-state index is -0.156. The molecule has 0 aliphatic heterocycles. The summed E-state index contributed by atoms with van der Waals surface area (Å²) in [7, 11) is 0. The van der Waals surface area contributed by atoms with Gasteiger partial charge in [-0.15, -0.1) is 0 Å². The summed E-state index contributed by atoms with van der Waals surface area (Å²) in [5.41, 5.74) is 1.43. The topological polar surface area (TPSA) is 70.7 Å². The van der Waals surface area contributed by atoms with Crippen molar-refractivity contribution in [3.05, 3.63) is 52.2 Å². The van der Waals surface area contributed by atoms with Crippen LogP contribution in [-0.4, -0.2) is 15.0 Å². The highest BCUT2D eigenvalue weighted by molar-refractivity contribution is 5.25. The first-order valence-corrected chi connectivity index (χ1v) is 4.96. The zero-order valence-corrected chi connectivity index (χ0v) is 8.90. The number of aromatic amines is 1. The van der Waals surface area contributed by atoms with Crippen molar-refractivity contribution in [3.63, 3.8) is 0 Å². The van der Waals surface area contributed by atoms with Crippen molar-refractivity contribution in [2.24, 2.45) is 0 Å². The predicted molar refractivity (Wildman–Crippen MR) is 61.2 cm³/mol. The minimum absolute atomic E-state index is 0.156. The molecule has 0 aromatic carbocycles. The molecule has 0 saturated carbocycles. The van der Waals surface area contributed by atoms with Gasteiger partial charge in [0.1, 0.15) is 0 Å². The molecule has 0 aliphatic rings. The van der Waals surface area contributed by atoms with E-state index in [2.05, 4.69) is 20.3 Å². The summed E-state index contributed by atoms with van der Waals surface area (Å²) in [5, 5.41) is 3.01. The van der Waals surface area contributed by atoms with E-state index in [1.165, 1.54) is 6.07 Å². The molecule has 0 bridgehead atoms. The molecule has 0 aliphatic carbocycles. The molecular formula is C11H12N4O. The van der Waals surface area contributed by atoms with Crippen molar-refractivity contribution < 1.29 is 0 Å². The fourth-order valence-corrected chi connectivity index (χ4v) is 1.34. The Morgan fingerprint density at radius 1 is 1.44 bits per heavy atom. The number of aryl methyl sites for hydroxylation is 1. The fraction of sp³-hybridized carbons (Fsp3) is 0.182. The molecule has 0 unspecified atom stereocenters. The van der Waals surface area contributed by atoms with Gasteiger partial charge in [0, 0.05) is 18.0 Å². The summed E-state index contributed by atoms with van der Waals surface area (Å²) in [5.74, 6) is 0.468. The highest BCUT2D eigenvalue weighted by Crippen LogP contribution is 1.99. The highest BCUT2D eigenvalue weighted by Gasteiger charge is 1.98. The van der Waals surface area contributed by atoms with Crippen molar-refractivity contribution in [1.82, 2.24) is 15.0 Å². The molecule has 2 rings (SSSR count). The van der Waals surface area contributed by atoms with E-state index in [-0.39, 0.29) is 5.56 Å². The van der Waals surface area contributed by atoms with Crippen molar-refractivity contribution in [1.29, 1.82) is 0 Å². The molecule has 0 atom stereocenters. The Hall–Kier alpha value is -2.17. The van der Waals surface area contributed by atoms with Crippen LogP contribution in [0.3, 0.4) is 0 Å². The number of rotatable bonds is 3. The summed E-state index contributed by atoms with van der Waals surface area (Å²) in [6.45, 7) is 2.31. The summed E-state index contributed by atoms with van der Waals surface area (Å²) < 4.78 is 0. The Labute approximate surface area is 92.6 Å². The average molecular weight is 216 g/mol. The summed E-state index contributed by atoms with van der Waals surface area (Å²) in [6.07, 6.45) is 1.73. The quantitative estimate of drug-likeness (QED) is 0.805. The van der Waals surface area contributed by atoms with E-state index in [0.29, 0.717) is 18.2 Å². The Bertz CT molecular complexity index is 521.